The third-order valence-corrected chi connectivity index (χ3v) is 3.03. The first kappa shape index (κ1) is 31.6. The van der Waals surface area contributed by atoms with E-state index in [9.17, 15) is 10.2 Å². The van der Waals surface area contributed by atoms with E-state index in [1.807, 2.05) is 0 Å². The van der Waals surface area contributed by atoms with Crippen molar-refractivity contribution in [1.29, 1.82) is 0 Å². The molecule has 0 radical (unpaired) electrons. The number of hydrogen-bond acceptors (Lipinski definition) is 10. The summed E-state index contributed by atoms with van der Waals surface area (Å²) in [5.41, 5.74) is 0.710. The third-order valence-electron chi connectivity index (χ3n) is 3.03. The molecule has 33 heavy (non-hydrogen) atoms. The lowest BCUT2D eigenvalue weighted by Crippen LogP contribution is -2.24. The maximum absolute atomic E-state index is 9.68. The highest BCUT2D eigenvalue weighted by Gasteiger charge is 2.35. The van der Waals surface area contributed by atoms with Gasteiger partial charge < -0.3 is 64.1 Å². The first-order valence-electron chi connectivity index (χ1n) is 7.86. The highest BCUT2D eigenvalue weighted by Crippen LogP contribution is 2.31. The van der Waals surface area contributed by atoms with Gasteiger partial charge in [-0.2, -0.15) is 4.98 Å². The molecule has 0 spiro atoms. The van der Waals surface area contributed by atoms with E-state index in [2.05, 4.69) is 15.0 Å². The number of rotatable bonds is 2. The number of ether oxygens (including phenoxy) is 1. The maximum Gasteiger partial charge on any atom is 0.466 e. The summed E-state index contributed by atoms with van der Waals surface area (Å²) in [5, 5.41) is 28.2. The van der Waals surface area contributed by atoms with E-state index in [1.54, 1.807) is 4.57 Å². The molecule has 20 nitrogen and oxygen atoms in total. The van der Waals surface area contributed by atoms with Crippen LogP contribution in [0.5, 0.6) is 5.88 Å². The van der Waals surface area contributed by atoms with E-state index in [0.29, 0.717) is 12.1 Å². The van der Waals surface area contributed by atoms with Crippen molar-refractivity contribution in [2.24, 2.45) is 0 Å². The molecule has 3 heterocycles. The number of phosphoric acid groups is 3. The summed E-state index contributed by atoms with van der Waals surface area (Å²) in [6, 6.07) is 0. The molecule has 23 heteroatoms. The number of aliphatic hydroxyl groups is 2. The average molecular weight is 546 g/mol. The Labute approximate surface area is 182 Å². The predicted molar refractivity (Wildman–Crippen MR) is 101 cm³/mol. The van der Waals surface area contributed by atoms with E-state index in [0.717, 1.165) is 0 Å². The lowest BCUT2D eigenvalue weighted by molar-refractivity contribution is -0.0432. The molecule has 1 aliphatic rings. The van der Waals surface area contributed by atoms with Crippen LogP contribution in [0, 0.1) is 0 Å². The molecular weight excluding hydrogens is 525 g/mol. The van der Waals surface area contributed by atoms with Crippen LogP contribution in [0.1, 0.15) is 12.6 Å². The van der Waals surface area contributed by atoms with Crippen LogP contribution in [-0.4, -0.2) is 97.7 Å². The predicted octanol–water partition coefficient (Wildman–Crippen LogP) is -3.61. The molecule has 3 atom stereocenters. The largest absolute Gasteiger partial charge is 0.492 e. The third kappa shape index (κ3) is 15.9. The SMILES string of the molecule is O=P(O)(O)O.O=P(O)(O)O.O=P(O)(O)O.OC[C@H]1O[C@@H](n2cnc3c(O)ncnc32)C[C@@H]1O. The number of imidazole rings is 1. The molecule has 0 bridgehead atoms. The van der Waals surface area contributed by atoms with Gasteiger partial charge in [0.15, 0.2) is 11.2 Å². The number of aromatic hydroxyl groups is 1. The molecule has 1 fully saturated rings. The molecule has 1 saturated heterocycles. The van der Waals surface area contributed by atoms with Gasteiger partial charge in [0.25, 0.3) is 0 Å². The summed E-state index contributed by atoms with van der Waals surface area (Å²) in [7, 11) is -13.9. The fourth-order valence-electron chi connectivity index (χ4n) is 2.10. The summed E-state index contributed by atoms with van der Waals surface area (Å²) in [5.74, 6) is -0.198. The Morgan fingerprint density at radius 1 is 0.909 bits per heavy atom. The van der Waals surface area contributed by atoms with Gasteiger partial charge in [0.1, 0.15) is 18.7 Å². The Hall–Kier alpha value is -1.44. The number of fused-ring (bicyclic) bond motifs is 1. The second-order valence-electron chi connectivity index (χ2n) is 5.68. The molecule has 0 aromatic carbocycles. The van der Waals surface area contributed by atoms with Crippen molar-refractivity contribution in [1.82, 2.24) is 19.5 Å². The zero-order valence-electron chi connectivity index (χ0n) is 15.9. The van der Waals surface area contributed by atoms with E-state index >= 15 is 0 Å². The van der Waals surface area contributed by atoms with Crippen LogP contribution in [0.15, 0.2) is 12.7 Å². The topological polar surface area (TPSA) is 347 Å². The monoisotopic (exact) mass is 546 g/mol. The highest BCUT2D eigenvalue weighted by molar-refractivity contribution is 7.45. The van der Waals surface area contributed by atoms with Gasteiger partial charge in [0, 0.05) is 6.42 Å². The zero-order chi connectivity index (χ0) is 26.2. The minimum absolute atomic E-state index is 0.198. The van der Waals surface area contributed by atoms with Crippen molar-refractivity contribution in [2.45, 2.75) is 24.9 Å². The molecule has 0 amide bonds. The average Bonchev–Trinajstić information content (AvgIpc) is 3.14. The van der Waals surface area contributed by atoms with Gasteiger partial charge in [-0.15, -0.1) is 0 Å². The van der Waals surface area contributed by atoms with Crippen LogP contribution >= 0.6 is 23.5 Å². The summed E-state index contributed by atoms with van der Waals surface area (Å²) >= 11 is 0. The van der Waals surface area contributed by atoms with Crippen molar-refractivity contribution >= 4 is 34.6 Å². The molecular formula is C10H21N4O16P3. The van der Waals surface area contributed by atoms with Gasteiger partial charge in [-0.05, 0) is 0 Å². The Morgan fingerprint density at radius 2 is 1.36 bits per heavy atom. The molecule has 0 unspecified atom stereocenters. The molecule has 0 saturated carbocycles. The minimum atomic E-state index is -4.64. The Morgan fingerprint density at radius 3 is 1.76 bits per heavy atom. The van der Waals surface area contributed by atoms with Gasteiger partial charge in [-0.25, -0.2) is 23.7 Å². The van der Waals surface area contributed by atoms with Crippen molar-refractivity contribution in [3.05, 3.63) is 12.7 Å². The fraction of sp³-hybridized carbons (Fsp3) is 0.500. The standard InChI is InChI=1S/C10H12N4O4.3H3O4P/c15-2-6-5(16)1-7(18-6)14-4-13-8-9(14)11-3-12-10(8)17;3*1-5(2,3)4/h3-7,15-16H,1-2H2,(H,11,12,17);3*(H3,1,2,3,4)/t5-,6+,7+;;;/m0.../s1. The highest BCUT2D eigenvalue weighted by atomic mass is 31.2. The summed E-state index contributed by atoms with van der Waals surface area (Å²) in [6.45, 7) is -0.246. The first-order chi connectivity index (χ1) is 14.7. The van der Waals surface area contributed by atoms with Crippen molar-refractivity contribution in [3.8, 4) is 5.88 Å². The van der Waals surface area contributed by atoms with Gasteiger partial charge in [0.05, 0.1) is 19.0 Å². The summed E-state index contributed by atoms with van der Waals surface area (Å²) < 4.78 is 33.7. The van der Waals surface area contributed by atoms with E-state index in [4.69, 9.17) is 67.6 Å². The van der Waals surface area contributed by atoms with E-state index < -0.39 is 41.9 Å². The van der Waals surface area contributed by atoms with Crippen LogP contribution in [0.25, 0.3) is 11.2 Å². The van der Waals surface area contributed by atoms with Gasteiger partial charge in [-0.3, -0.25) is 4.57 Å². The second-order valence-corrected chi connectivity index (χ2v) is 8.76. The van der Waals surface area contributed by atoms with Crippen LogP contribution in [0.4, 0.5) is 0 Å². The lowest BCUT2D eigenvalue weighted by Gasteiger charge is -2.13. The van der Waals surface area contributed by atoms with Gasteiger partial charge in [-0.1, -0.05) is 0 Å². The quantitative estimate of drug-likeness (QED) is 0.162. The maximum atomic E-state index is 9.68. The molecule has 2 aromatic rings. The smallest absolute Gasteiger partial charge is 0.466 e. The first-order valence-corrected chi connectivity index (χ1v) is 12.6. The number of aliphatic hydroxyl groups excluding tert-OH is 2. The lowest BCUT2D eigenvalue weighted by atomic mass is 10.2. The summed E-state index contributed by atoms with van der Waals surface area (Å²) in [6.07, 6.45) is 1.23. The molecule has 1 aliphatic heterocycles. The Balaban J connectivity index is 0.000000564. The van der Waals surface area contributed by atoms with Crippen molar-refractivity contribution < 1.29 is 77.8 Å². The van der Waals surface area contributed by atoms with E-state index in [-0.39, 0.29) is 18.0 Å². The van der Waals surface area contributed by atoms with Crippen molar-refractivity contribution in [2.75, 3.05) is 6.61 Å². The molecule has 2 aromatic heterocycles. The molecule has 0 aliphatic carbocycles. The van der Waals surface area contributed by atoms with Crippen molar-refractivity contribution in [3.63, 3.8) is 0 Å². The molecule has 12 N–H and O–H groups in total. The van der Waals surface area contributed by atoms with Crippen LogP contribution < -0.4 is 0 Å². The Bertz CT molecular complexity index is 943. The van der Waals surface area contributed by atoms with E-state index in [1.165, 1.54) is 12.7 Å². The zero-order valence-corrected chi connectivity index (χ0v) is 18.6. The van der Waals surface area contributed by atoms with Crippen LogP contribution in [-0.2, 0) is 18.4 Å². The number of nitrogens with zero attached hydrogens (tertiary/aromatic N) is 4. The summed E-state index contributed by atoms with van der Waals surface area (Å²) in [4.78, 5) is 76.3. The van der Waals surface area contributed by atoms with Gasteiger partial charge >= 0.3 is 23.5 Å². The minimum Gasteiger partial charge on any atom is -0.492 e. The second kappa shape index (κ2) is 12.9. The Kier molecular flexibility index (Phi) is 12.3. The number of aromatic nitrogens is 4. The molecule has 192 valence electrons. The molecule has 3 rings (SSSR count). The number of hydrogen-bond donors (Lipinski definition) is 12. The fourth-order valence-corrected chi connectivity index (χ4v) is 2.10. The van der Waals surface area contributed by atoms with Crippen LogP contribution in [0.2, 0.25) is 0 Å². The van der Waals surface area contributed by atoms with Crippen LogP contribution in [0.3, 0.4) is 0 Å². The van der Waals surface area contributed by atoms with Gasteiger partial charge in [0.2, 0.25) is 5.88 Å². The normalized spacial score (nSPS) is 20.6.